The quantitative estimate of drug-likeness (QED) is 0.401. The van der Waals surface area contributed by atoms with E-state index in [1.54, 1.807) is 20.8 Å². The standard InChI is InChI=1S/C30H38N2O6/c1-21(31(29(35)38-30(2,3)4)27(33)36-19-22-11-7-5-8-12-22)24-17-25-15-16-26(18-24)32(25)28(34)37-20-23-13-9-6-10-14-23/h5-14,21,24-26H,15-20H2,1-4H3/t21-,24?,25?,26?/m1/s1. The number of imide groups is 1. The monoisotopic (exact) mass is 522 g/mol. The van der Waals surface area contributed by atoms with E-state index in [-0.39, 0.29) is 37.3 Å². The fraction of sp³-hybridized carbons (Fsp3) is 0.500. The third-order valence-electron chi connectivity index (χ3n) is 7.27. The van der Waals surface area contributed by atoms with Crippen molar-refractivity contribution >= 4 is 18.3 Å². The van der Waals surface area contributed by atoms with E-state index in [0.717, 1.165) is 28.9 Å². The van der Waals surface area contributed by atoms with Crippen LogP contribution in [0.2, 0.25) is 0 Å². The van der Waals surface area contributed by atoms with Gasteiger partial charge in [-0.2, -0.15) is 0 Å². The summed E-state index contributed by atoms with van der Waals surface area (Å²) >= 11 is 0. The summed E-state index contributed by atoms with van der Waals surface area (Å²) in [6.45, 7) is 7.45. The Morgan fingerprint density at radius 1 is 0.842 bits per heavy atom. The molecular formula is C30H38N2O6. The number of carbonyl (C=O) groups is 3. The summed E-state index contributed by atoms with van der Waals surface area (Å²) in [6, 6.07) is 18.5. The fourth-order valence-corrected chi connectivity index (χ4v) is 5.42. The molecule has 2 aliphatic heterocycles. The van der Waals surface area contributed by atoms with Crippen LogP contribution in [0.25, 0.3) is 0 Å². The second kappa shape index (κ2) is 11.9. The molecule has 2 aliphatic rings. The summed E-state index contributed by atoms with van der Waals surface area (Å²) in [5.74, 6) is 0.00228. The summed E-state index contributed by atoms with van der Waals surface area (Å²) in [5.41, 5.74) is 1.01. The van der Waals surface area contributed by atoms with Gasteiger partial charge in [-0.25, -0.2) is 19.3 Å². The minimum atomic E-state index is -0.764. The molecule has 8 nitrogen and oxygen atoms in total. The highest BCUT2D eigenvalue weighted by Gasteiger charge is 2.48. The van der Waals surface area contributed by atoms with Crippen LogP contribution in [-0.4, -0.2) is 51.8 Å². The Kier molecular flexibility index (Phi) is 8.59. The van der Waals surface area contributed by atoms with Crippen molar-refractivity contribution in [2.24, 2.45) is 5.92 Å². The van der Waals surface area contributed by atoms with Crippen molar-refractivity contribution in [3.63, 3.8) is 0 Å². The number of benzene rings is 2. The van der Waals surface area contributed by atoms with Gasteiger partial charge in [0.05, 0.1) is 0 Å². The topological polar surface area (TPSA) is 85.4 Å². The van der Waals surface area contributed by atoms with Gasteiger partial charge in [-0.1, -0.05) is 60.7 Å². The molecule has 2 unspecified atom stereocenters. The highest BCUT2D eigenvalue weighted by Crippen LogP contribution is 2.41. The summed E-state index contributed by atoms with van der Waals surface area (Å²) in [5, 5.41) is 0. The maximum Gasteiger partial charge on any atom is 0.420 e. The molecule has 38 heavy (non-hydrogen) atoms. The van der Waals surface area contributed by atoms with Gasteiger partial charge >= 0.3 is 18.3 Å². The van der Waals surface area contributed by atoms with Gasteiger partial charge in [0.15, 0.2) is 0 Å². The van der Waals surface area contributed by atoms with Crippen molar-refractivity contribution in [2.45, 2.75) is 90.3 Å². The Morgan fingerprint density at radius 3 is 1.84 bits per heavy atom. The Morgan fingerprint density at radius 2 is 1.34 bits per heavy atom. The van der Waals surface area contributed by atoms with E-state index in [0.29, 0.717) is 12.8 Å². The zero-order valence-electron chi connectivity index (χ0n) is 22.7. The van der Waals surface area contributed by atoms with Crippen LogP contribution in [0.15, 0.2) is 60.7 Å². The van der Waals surface area contributed by atoms with Crippen LogP contribution < -0.4 is 0 Å². The first-order valence-electron chi connectivity index (χ1n) is 13.3. The van der Waals surface area contributed by atoms with Crippen molar-refractivity contribution in [3.05, 3.63) is 71.8 Å². The minimum Gasteiger partial charge on any atom is -0.445 e. The highest BCUT2D eigenvalue weighted by molar-refractivity contribution is 5.88. The Labute approximate surface area is 224 Å². The van der Waals surface area contributed by atoms with Crippen LogP contribution in [0.5, 0.6) is 0 Å². The van der Waals surface area contributed by atoms with Gasteiger partial charge in [0, 0.05) is 18.1 Å². The molecule has 0 aliphatic carbocycles. The maximum absolute atomic E-state index is 13.2. The summed E-state index contributed by atoms with van der Waals surface area (Å²) in [7, 11) is 0. The first kappa shape index (κ1) is 27.5. The predicted octanol–water partition coefficient (Wildman–Crippen LogP) is 6.53. The lowest BCUT2D eigenvalue weighted by atomic mass is 9.85. The smallest absolute Gasteiger partial charge is 0.420 e. The molecule has 2 fully saturated rings. The lowest BCUT2D eigenvalue weighted by molar-refractivity contribution is -0.00287. The van der Waals surface area contributed by atoms with Gasteiger partial charge in [0.1, 0.15) is 18.8 Å². The van der Waals surface area contributed by atoms with Crippen LogP contribution in [0.1, 0.15) is 64.5 Å². The largest absolute Gasteiger partial charge is 0.445 e. The average Bonchev–Trinajstić information content (AvgIpc) is 3.15. The van der Waals surface area contributed by atoms with E-state index < -0.39 is 23.8 Å². The van der Waals surface area contributed by atoms with Gasteiger partial charge in [-0.3, -0.25) is 0 Å². The molecule has 0 N–H and O–H groups in total. The lowest BCUT2D eigenvalue weighted by Gasteiger charge is -2.42. The summed E-state index contributed by atoms with van der Waals surface area (Å²) in [6.07, 6.45) is 1.33. The molecule has 3 amide bonds. The van der Waals surface area contributed by atoms with Crippen molar-refractivity contribution < 1.29 is 28.6 Å². The van der Waals surface area contributed by atoms with E-state index in [4.69, 9.17) is 14.2 Å². The first-order valence-corrected chi connectivity index (χ1v) is 13.3. The Hall–Kier alpha value is -3.55. The van der Waals surface area contributed by atoms with Gasteiger partial charge in [-0.15, -0.1) is 0 Å². The maximum atomic E-state index is 13.2. The number of hydrogen-bond donors (Lipinski definition) is 0. The lowest BCUT2D eigenvalue weighted by Crippen LogP contribution is -2.54. The fourth-order valence-electron chi connectivity index (χ4n) is 5.42. The number of rotatable bonds is 6. The van der Waals surface area contributed by atoms with Crippen LogP contribution in [0, 0.1) is 5.92 Å². The van der Waals surface area contributed by atoms with Gasteiger partial charge in [0.25, 0.3) is 0 Å². The minimum absolute atomic E-state index is 0.00228. The summed E-state index contributed by atoms with van der Waals surface area (Å²) < 4.78 is 16.8. The second-order valence-corrected chi connectivity index (χ2v) is 11.2. The first-order chi connectivity index (χ1) is 18.1. The van der Waals surface area contributed by atoms with E-state index in [1.807, 2.05) is 72.5 Å². The molecule has 2 aromatic carbocycles. The number of fused-ring (bicyclic) bond motifs is 2. The molecule has 0 aromatic heterocycles. The molecule has 3 atom stereocenters. The Bertz CT molecular complexity index is 1090. The van der Waals surface area contributed by atoms with Gasteiger partial charge < -0.3 is 19.1 Å². The van der Waals surface area contributed by atoms with Crippen molar-refractivity contribution in [2.75, 3.05) is 0 Å². The van der Waals surface area contributed by atoms with E-state index in [2.05, 4.69) is 0 Å². The molecule has 2 saturated heterocycles. The van der Waals surface area contributed by atoms with Crippen LogP contribution in [0.3, 0.4) is 0 Å². The van der Waals surface area contributed by atoms with Crippen molar-refractivity contribution in [1.29, 1.82) is 0 Å². The van der Waals surface area contributed by atoms with Crippen molar-refractivity contribution in [1.82, 2.24) is 9.80 Å². The molecule has 0 radical (unpaired) electrons. The third kappa shape index (κ3) is 6.85. The Balaban J connectivity index is 1.42. The molecule has 4 rings (SSSR count). The molecule has 204 valence electrons. The number of piperidine rings is 1. The number of ether oxygens (including phenoxy) is 3. The highest BCUT2D eigenvalue weighted by atomic mass is 16.6. The molecule has 2 aromatic rings. The molecule has 8 heteroatoms. The molecule has 2 bridgehead atoms. The van der Waals surface area contributed by atoms with Crippen LogP contribution >= 0.6 is 0 Å². The molecule has 2 heterocycles. The van der Waals surface area contributed by atoms with Gasteiger partial charge in [-0.05, 0) is 70.4 Å². The molecule has 0 spiro atoms. The van der Waals surface area contributed by atoms with Crippen molar-refractivity contribution in [3.8, 4) is 0 Å². The number of hydrogen-bond acceptors (Lipinski definition) is 6. The third-order valence-corrected chi connectivity index (χ3v) is 7.27. The van der Waals surface area contributed by atoms with Crippen LogP contribution in [0.4, 0.5) is 14.4 Å². The number of carbonyl (C=O) groups excluding carboxylic acids is 3. The second-order valence-electron chi connectivity index (χ2n) is 11.2. The average molecular weight is 523 g/mol. The number of amides is 3. The van der Waals surface area contributed by atoms with E-state index in [1.165, 1.54) is 0 Å². The SMILES string of the molecule is C[C@H](C1CC2CCC(C1)N2C(=O)OCc1ccccc1)N(C(=O)OCc1ccccc1)C(=O)OC(C)(C)C. The normalized spacial score (nSPS) is 21.4. The van der Waals surface area contributed by atoms with Crippen LogP contribution in [-0.2, 0) is 27.4 Å². The zero-order valence-corrected chi connectivity index (χ0v) is 22.7. The summed E-state index contributed by atoms with van der Waals surface area (Å²) in [4.78, 5) is 42.4. The molecule has 0 saturated carbocycles. The van der Waals surface area contributed by atoms with E-state index in [9.17, 15) is 14.4 Å². The van der Waals surface area contributed by atoms with E-state index >= 15 is 0 Å². The number of nitrogens with zero attached hydrogens (tertiary/aromatic N) is 2. The van der Waals surface area contributed by atoms with Gasteiger partial charge in [0.2, 0.25) is 0 Å². The predicted molar refractivity (Wildman–Crippen MR) is 142 cm³/mol. The zero-order chi connectivity index (χ0) is 27.3. The molecular weight excluding hydrogens is 484 g/mol.